The molecule has 1 aromatic rings. The molecule has 0 radical (unpaired) electrons. The molecule has 0 spiro atoms. The van der Waals surface area contributed by atoms with Crippen LogP contribution >= 0.6 is 0 Å². The van der Waals surface area contributed by atoms with Gasteiger partial charge in [0, 0.05) is 6.07 Å². The summed E-state index contributed by atoms with van der Waals surface area (Å²) in [4.78, 5) is 11.2. The Balaban J connectivity index is 3.35. The van der Waals surface area contributed by atoms with Crippen molar-refractivity contribution in [1.82, 2.24) is 0 Å². The van der Waals surface area contributed by atoms with Crippen LogP contribution in [0.25, 0.3) is 0 Å². The summed E-state index contributed by atoms with van der Waals surface area (Å²) in [5.74, 6) is -1.53. The van der Waals surface area contributed by atoms with Crippen LogP contribution in [0.4, 0.5) is 13.2 Å². The van der Waals surface area contributed by atoms with Crippen LogP contribution in [0.3, 0.4) is 0 Å². The van der Waals surface area contributed by atoms with Crippen molar-refractivity contribution < 1.29 is 30.6 Å². The van der Waals surface area contributed by atoms with Crippen molar-refractivity contribution in [2.75, 3.05) is 0 Å². The first-order valence-corrected chi connectivity index (χ1v) is 6.05. The quantitative estimate of drug-likeness (QED) is 0.483. The smallest absolute Gasteiger partial charge is 0.375 e. The number of alkyl halides is 3. The lowest BCUT2D eigenvalue weighted by atomic mass is 10.1. The number of halogens is 3. The van der Waals surface area contributed by atoms with Gasteiger partial charge in [-0.2, -0.15) is 26.9 Å². The second-order valence-corrected chi connectivity index (χ2v) is 4.90. The second-order valence-electron chi connectivity index (χ2n) is 3.36. The number of benzene rings is 1. The predicted octanol–water partition coefficient (Wildman–Crippen LogP) is 1.99. The Bertz CT molecular complexity index is 658. The first-order valence-electron chi connectivity index (χ1n) is 4.64. The molecule has 9 heteroatoms. The third-order valence-corrected chi connectivity index (χ3v) is 2.94. The van der Waals surface area contributed by atoms with Crippen molar-refractivity contribution in [1.29, 1.82) is 5.26 Å². The van der Waals surface area contributed by atoms with Crippen LogP contribution in [0.1, 0.15) is 22.8 Å². The molecular formula is C10H6F3NO4S. The predicted molar refractivity (Wildman–Crippen MR) is 56.8 cm³/mol. The van der Waals surface area contributed by atoms with Gasteiger partial charge in [0.25, 0.3) is 0 Å². The average Bonchev–Trinajstić information content (AvgIpc) is 2.26. The Morgan fingerprint density at radius 2 is 1.95 bits per heavy atom. The molecule has 0 aliphatic heterocycles. The van der Waals surface area contributed by atoms with E-state index in [2.05, 4.69) is 4.18 Å². The maximum absolute atomic E-state index is 12.2. The van der Waals surface area contributed by atoms with Crippen molar-refractivity contribution in [3.8, 4) is 11.8 Å². The molecule has 102 valence electrons. The molecule has 1 aromatic carbocycles. The largest absolute Gasteiger partial charge is 0.534 e. The molecular weight excluding hydrogens is 287 g/mol. The number of rotatable bonds is 3. The van der Waals surface area contributed by atoms with Gasteiger partial charge in [-0.15, -0.1) is 0 Å². The summed E-state index contributed by atoms with van der Waals surface area (Å²) >= 11 is 0. The fourth-order valence-corrected chi connectivity index (χ4v) is 1.59. The van der Waals surface area contributed by atoms with Gasteiger partial charge in [0.05, 0.1) is 17.2 Å². The lowest BCUT2D eigenvalue weighted by molar-refractivity contribution is -0.0500. The molecule has 19 heavy (non-hydrogen) atoms. The van der Waals surface area contributed by atoms with E-state index in [1.807, 2.05) is 0 Å². The summed E-state index contributed by atoms with van der Waals surface area (Å²) in [6.07, 6.45) is 0. The fraction of sp³-hybridized carbons (Fsp3) is 0.200. The first kappa shape index (κ1) is 15.0. The molecule has 0 N–H and O–H groups in total. The van der Waals surface area contributed by atoms with Gasteiger partial charge in [-0.3, -0.25) is 4.79 Å². The highest BCUT2D eigenvalue weighted by Gasteiger charge is 2.48. The Kier molecular flexibility index (Phi) is 3.86. The summed E-state index contributed by atoms with van der Waals surface area (Å²) < 4.78 is 62.1. The van der Waals surface area contributed by atoms with E-state index < -0.39 is 27.2 Å². The van der Waals surface area contributed by atoms with Crippen LogP contribution in [-0.2, 0) is 10.1 Å². The minimum Gasteiger partial charge on any atom is -0.375 e. The molecule has 0 aliphatic carbocycles. The van der Waals surface area contributed by atoms with Gasteiger partial charge >= 0.3 is 15.6 Å². The molecule has 0 bridgehead atoms. The molecule has 0 saturated heterocycles. The number of nitrogens with zero attached hydrogens (tertiary/aromatic N) is 1. The van der Waals surface area contributed by atoms with Crippen molar-refractivity contribution in [2.24, 2.45) is 0 Å². The van der Waals surface area contributed by atoms with Crippen LogP contribution in [0.5, 0.6) is 5.75 Å². The number of carbonyl (C=O) groups excluding carboxylic acids is 1. The van der Waals surface area contributed by atoms with Crippen molar-refractivity contribution >= 4 is 15.9 Å². The summed E-state index contributed by atoms with van der Waals surface area (Å²) in [5, 5.41) is 8.59. The molecule has 0 atom stereocenters. The monoisotopic (exact) mass is 293 g/mol. The van der Waals surface area contributed by atoms with Crippen LogP contribution in [-0.4, -0.2) is 19.7 Å². The van der Waals surface area contributed by atoms with Crippen LogP contribution in [0.2, 0.25) is 0 Å². The molecule has 0 aliphatic rings. The third kappa shape index (κ3) is 3.23. The SMILES string of the molecule is CC(=O)c1ccc(C#N)cc1OS(=O)(=O)C(F)(F)F. The molecule has 0 fully saturated rings. The molecule has 1 rings (SSSR count). The summed E-state index contributed by atoms with van der Waals surface area (Å²) in [6, 6.07) is 4.51. The van der Waals surface area contributed by atoms with E-state index in [0.29, 0.717) is 0 Å². The van der Waals surface area contributed by atoms with E-state index in [9.17, 15) is 26.4 Å². The normalized spacial score (nSPS) is 11.7. The van der Waals surface area contributed by atoms with E-state index in [1.54, 1.807) is 6.07 Å². The van der Waals surface area contributed by atoms with Gasteiger partial charge in [-0.05, 0) is 19.1 Å². The highest BCUT2D eigenvalue weighted by atomic mass is 32.2. The van der Waals surface area contributed by atoms with Crippen LogP contribution in [0, 0.1) is 11.3 Å². The number of carbonyl (C=O) groups is 1. The molecule has 0 aromatic heterocycles. The van der Waals surface area contributed by atoms with Crippen molar-refractivity contribution in [3.05, 3.63) is 29.3 Å². The number of Topliss-reactive ketones (excluding diaryl/α,β-unsaturated/α-hetero) is 1. The second kappa shape index (κ2) is 4.89. The minimum atomic E-state index is -5.89. The first-order chi connectivity index (χ1) is 8.58. The minimum absolute atomic E-state index is 0.141. The van der Waals surface area contributed by atoms with Gasteiger partial charge in [-0.1, -0.05) is 0 Å². The van der Waals surface area contributed by atoms with E-state index in [4.69, 9.17) is 5.26 Å². The number of ketones is 1. The van der Waals surface area contributed by atoms with Gasteiger partial charge in [0.15, 0.2) is 11.5 Å². The van der Waals surface area contributed by atoms with Gasteiger partial charge in [0.1, 0.15) is 0 Å². The van der Waals surface area contributed by atoms with Gasteiger partial charge < -0.3 is 4.18 Å². The van der Waals surface area contributed by atoms with Crippen LogP contribution < -0.4 is 4.18 Å². The summed E-state index contributed by atoms with van der Waals surface area (Å²) in [7, 11) is -5.89. The molecule has 0 unspecified atom stereocenters. The molecule has 0 heterocycles. The maximum Gasteiger partial charge on any atom is 0.534 e. The van der Waals surface area contributed by atoms with E-state index >= 15 is 0 Å². The maximum atomic E-state index is 12.2. The van der Waals surface area contributed by atoms with E-state index in [-0.39, 0.29) is 11.1 Å². The zero-order chi connectivity index (χ0) is 14.8. The standard InChI is InChI=1S/C10H6F3NO4S/c1-6(15)8-3-2-7(5-14)4-9(8)18-19(16,17)10(11,12)13/h2-4H,1H3. The van der Waals surface area contributed by atoms with Crippen LogP contribution in [0.15, 0.2) is 18.2 Å². The highest BCUT2D eigenvalue weighted by Crippen LogP contribution is 2.29. The van der Waals surface area contributed by atoms with Gasteiger partial charge in [-0.25, -0.2) is 0 Å². The molecule has 5 nitrogen and oxygen atoms in total. The van der Waals surface area contributed by atoms with E-state index in [1.165, 1.54) is 0 Å². The lowest BCUT2D eigenvalue weighted by Gasteiger charge is -2.11. The van der Waals surface area contributed by atoms with Gasteiger partial charge in [0.2, 0.25) is 0 Å². The lowest BCUT2D eigenvalue weighted by Crippen LogP contribution is -2.28. The fourth-order valence-electron chi connectivity index (χ4n) is 1.12. The number of nitriles is 1. The topological polar surface area (TPSA) is 84.2 Å². The zero-order valence-corrected chi connectivity index (χ0v) is 10.2. The number of hydrogen-bond acceptors (Lipinski definition) is 5. The van der Waals surface area contributed by atoms with Crippen molar-refractivity contribution in [2.45, 2.75) is 12.4 Å². The molecule has 0 saturated carbocycles. The zero-order valence-electron chi connectivity index (χ0n) is 9.35. The summed E-state index contributed by atoms with van der Waals surface area (Å²) in [6.45, 7) is 1.02. The van der Waals surface area contributed by atoms with E-state index in [0.717, 1.165) is 25.1 Å². The number of hydrogen-bond donors (Lipinski definition) is 0. The third-order valence-electron chi connectivity index (χ3n) is 1.97. The summed E-state index contributed by atoms with van der Waals surface area (Å²) in [5.41, 5.74) is -6.13. The Labute approximate surface area is 106 Å². The van der Waals surface area contributed by atoms with Crippen molar-refractivity contribution in [3.63, 3.8) is 0 Å². The Morgan fingerprint density at radius 1 is 1.37 bits per heavy atom. The Morgan fingerprint density at radius 3 is 2.37 bits per heavy atom. The Hall–Kier alpha value is -2.08. The average molecular weight is 293 g/mol. The highest BCUT2D eigenvalue weighted by molar-refractivity contribution is 7.88. The molecule has 0 amide bonds.